The number of hydrogen-bond donors (Lipinski definition) is 1. The van der Waals surface area contributed by atoms with Crippen LogP contribution >= 0.6 is 0 Å². The zero-order chi connectivity index (χ0) is 25.9. The Hall–Kier alpha value is -1.97. The molecule has 3 atom stereocenters. The normalized spacial score (nSPS) is 30.0. The van der Waals surface area contributed by atoms with Gasteiger partial charge in [-0.15, -0.1) is 0 Å². The van der Waals surface area contributed by atoms with E-state index in [-0.39, 0.29) is 45.4 Å². The third-order valence-corrected chi connectivity index (χ3v) is 8.15. The molecule has 33 heavy (non-hydrogen) atoms. The molecule has 0 amide bonds. The van der Waals surface area contributed by atoms with Crippen LogP contribution in [-0.2, 0) is 14.4 Å². The Labute approximate surface area is 201 Å². The summed E-state index contributed by atoms with van der Waals surface area (Å²) >= 11 is 0. The summed E-state index contributed by atoms with van der Waals surface area (Å²) in [5, 5.41) is 9.32. The highest BCUT2D eigenvalue weighted by Crippen LogP contribution is 2.40. The van der Waals surface area contributed by atoms with Crippen molar-refractivity contribution < 1.29 is 19.5 Å². The van der Waals surface area contributed by atoms with Crippen molar-refractivity contribution in [3.05, 3.63) is 35.1 Å². The Morgan fingerprint density at radius 3 is 1.52 bits per heavy atom. The van der Waals surface area contributed by atoms with Crippen molar-refractivity contribution in [2.24, 2.45) is 34.0 Å². The topological polar surface area (TPSA) is 71.4 Å². The van der Waals surface area contributed by atoms with Crippen molar-refractivity contribution >= 4 is 17.3 Å². The predicted octanol–water partition coefficient (Wildman–Crippen LogP) is 7.20. The smallest absolute Gasteiger partial charge is 0.159 e. The molecule has 0 saturated heterocycles. The molecule has 0 heterocycles. The van der Waals surface area contributed by atoms with Gasteiger partial charge in [-0.3, -0.25) is 14.4 Å². The van der Waals surface area contributed by atoms with E-state index in [1.165, 1.54) is 17.2 Å². The average Bonchev–Trinajstić information content (AvgIpc) is 2.62. The summed E-state index contributed by atoms with van der Waals surface area (Å²) in [6.45, 7) is 22.9. The highest BCUT2D eigenvalue weighted by atomic mass is 16.3. The fourth-order valence-electron chi connectivity index (χ4n) is 4.67. The highest BCUT2D eigenvalue weighted by molar-refractivity contribution is 5.93. The molecule has 0 aliphatic heterocycles. The number of carbonyl (C=O) groups is 3. The quantitative estimate of drug-likeness (QED) is 0.416. The predicted molar refractivity (Wildman–Crippen MR) is 136 cm³/mol. The molecule has 186 valence electrons. The van der Waals surface area contributed by atoms with Crippen molar-refractivity contribution in [2.45, 2.75) is 95.4 Å². The second-order valence-electron chi connectivity index (χ2n) is 12.4. The van der Waals surface area contributed by atoms with Crippen LogP contribution in [0.2, 0.25) is 0 Å². The van der Waals surface area contributed by atoms with Crippen molar-refractivity contribution in [1.29, 1.82) is 0 Å². The Balaban J connectivity index is 0.000000247. The maximum Gasteiger partial charge on any atom is 0.159 e. The van der Waals surface area contributed by atoms with E-state index in [1.54, 1.807) is 12.2 Å². The van der Waals surface area contributed by atoms with E-state index in [9.17, 15) is 19.5 Å². The van der Waals surface area contributed by atoms with Crippen LogP contribution in [0.5, 0.6) is 0 Å². The Bertz CT molecular complexity index is 813. The standard InChI is InChI=1S/2C10H16O.C9H14O2/c1-7-5-9(11)6-10(3,4)8(7)2;1-7-5-9(11)8(2)10(3,4)6-7;1-6-8(11)4-7(10)5-9(6,2)3/h2*5,8H,6H2,1-4H3;4,6,11H,5H2,1-3H3. The van der Waals surface area contributed by atoms with Crippen LogP contribution in [0.15, 0.2) is 35.1 Å². The van der Waals surface area contributed by atoms with Gasteiger partial charge in [0, 0.05) is 30.8 Å². The molecule has 3 unspecified atom stereocenters. The lowest BCUT2D eigenvalue weighted by Crippen LogP contribution is -2.31. The molecule has 3 aliphatic rings. The van der Waals surface area contributed by atoms with Crippen molar-refractivity contribution in [3.63, 3.8) is 0 Å². The number of ketones is 3. The number of allylic oxidation sites excluding steroid dienone is 6. The van der Waals surface area contributed by atoms with Crippen molar-refractivity contribution in [1.82, 2.24) is 0 Å². The van der Waals surface area contributed by atoms with Gasteiger partial charge in [0.1, 0.15) is 0 Å². The van der Waals surface area contributed by atoms with E-state index >= 15 is 0 Å². The largest absolute Gasteiger partial charge is 0.512 e. The summed E-state index contributed by atoms with van der Waals surface area (Å²) in [5.41, 5.74) is 2.69. The molecule has 0 radical (unpaired) electrons. The van der Waals surface area contributed by atoms with E-state index in [0.717, 1.165) is 6.42 Å². The molecular weight excluding hydrogens is 412 g/mol. The van der Waals surface area contributed by atoms with Crippen molar-refractivity contribution in [2.75, 3.05) is 0 Å². The lowest BCUT2D eigenvalue weighted by molar-refractivity contribution is -0.122. The van der Waals surface area contributed by atoms with Gasteiger partial charge in [0.2, 0.25) is 0 Å². The number of rotatable bonds is 0. The van der Waals surface area contributed by atoms with E-state index in [4.69, 9.17) is 0 Å². The van der Waals surface area contributed by atoms with E-state index in [2.05, 4.69) is 34.6 Å². The Morgan fingerprint density at radius 1 is 0.667 bits per heavy atom. The van der Waals surface area contributed by atoms with Gasteiger partial charge >= 0.3 is 0 Å². The van der Waals surface area contributed by atoms with Crippen LogP contribution in [0.4, 0.5) is 0 Å². The number of aliphatic hydroxyl groups is 1. The lowest BCUT2D eigenvalue weighted by atomic mass is 9.69. The van der Waals surface area contributed by atoms with Crippen LogP contribution in [-0.4, -0.2) is 22.5 Å². The first-order valence-electron chi connectivity index (χ1n) is 12.2. The Kier molecular flexibility index (Phi) is 9.27. The average molecular weight is 459 g/mol. The van der Waals surface area contributed by atoms with Crippen molar-refractivity contribution in [3.8, 4) is 0 Å². The molecule has 0 saturated carbocycles. The third kappa shape index (κ3) is 7.79. The molecule has 0 fully saturated rings. The van der Waals surface area contributed by atoms with Gasteiger partial charge in [-0.25, -0.2) is 0 Å². The summed E-state index contributed by atoms with van der Waals surface area (Å²) in [4.78, 5) is 33.5. The summed E-state index contributed by atoms with van der Waals surface area (Å²) in [5.74, 6) is 1.66. The molecular formula is C29H46O4. The Morgan fingerprint density at radius 2 is 1.09 bits per heavy atom. The van der Waals surface area contributed by atoms with Gasteiger partial charge < -0.3 is 5.11 Å². The molecule has 0 spiro atoms. The first-order chi connectivity index (χ1) is 14.8. The zero-order valence-corrected chi connectivity index (χ0v) is 22.8. The maximum absolute atomic E-state index is 11.3. The minimum absolute atomic E-state index is 0.0330. The summed E-state index contributed by atoms with van der Waals surface area (Å²) in [6.07, 6.45) is 7.21. The molecule has 3 rings (SSSR count). The van der Waals surface area contributed by atoms with E-state index in [1.807, 2.05) is 41.5 Å². The number of hydrogen-bond acceptors (Lipinski definition) is 4. The summed E-state index contributed by atoms with van der Waals surface area (Å²) in [6, 6.07) is 0. The minimum atomic E-state index is -0.0874. The van der Waals surface area contributed by atoms with E-state index < -0.39 is 0 Å². The van der Waals surface area contributed by atoms with Gasteiger partial charge in [-0.1, -0.05) is 73.5 Å². The van der Waals surface area contributed by atoms with Gasteiger partial charge in [0.05, 0.1) is 5.76 Å². The van der Waals surface area contributed by atoms with Crippen LogP contribution in [0.1, 0.15) is 95.4 Å². The molecule has 0 aromatic rings. The molecule has 4 heteroatoms. The molecule has 0 bridgehead atoms. The number of carbonyl (C=O) groups excluding carboxylic acids is 3. The monoisotopic (exact) mass is 458 g/mol. The van der Waals surface area contributed by atoms with Gasteiger partial charge in [-0.2, -0.15) is 0 Å². The SMILES string of the molecule is CC1=CC(=O)C(C)C(C)(C)C1.CC1=CC(=O)CC(C)(C)C1C.CC1C(O)=CC(=O)CC1(C)C. The summed E-state index contributed by atoms with van der Waals surface area (Å²) in [7, 11) is 0. The number of aliphatic hydroxyl groups excluding tert-OH is 1. The van der Waals surface area contributed by atoms with Crippen LogP contribution in [0.3, 0.4) is 0 Å². The van der Waals surface area contributed by atoms with Gasteiger partial charge in [0.25, 0.3) is 0 Å². The molecule has 4 nitrogen and oxygen atoms in total. The summed E-state index contributed by atoms with van der Waals surface area (Å²) < 4.78 is 0. The molecule has 3 aliphatic carbocycles. The zero-order valence-electron chi connectivity index (χ0n) is 22.8. The molecule has 1 N–H and O–H groups in total. The van der Waals surface area contributed by atoms with Crippen LogP contribution in [0.25, 0.3) is 0 Å². The van der Waals surface area contributed by atoms with Crippen LogP contribution < -0.4 is 0 Å². The second-order valence-corrected chi connectivity index (χ2v) is 12.4. The fourth-order valence-corrected chi connectivity index (χ4v) is 4.67. The third-order valence-electron chi connectivity index (χ3n) is 8.15. The first-order valence-corrected chi connectivity index (χ1v) is 12.2. The van der Waals surface area contributed by atoms with Crippen LogP contribution in [0, 0.1) is 34.0 Å². The highest BCUT2D eigenvalue weighted by Gasteiger charge is 2.35. The lowest BCUT2D eigenvalue weighted by Gasteiger charge is -2.34. The fraction of sp³-hybridized carbons (Fsp3) is 0.690. The minimum Gasteiger partial charge on any atom is -0.512 e. The molecule has 0 aromatic carbocycles. The van der Waals surface area contributed by atoms with Gasteiger partial charge in [-0.05, 0) is 54.6 Å². The maximum atomic E-state index is 11.3. The molecule has 0 aromatic heterocycles. The van der Waals surface area contributed by atoms with E-state index in [0.29, 0.717) is 24.5 Å². The first kappa shape index (κ1) is 29.1. The van der Waals surface area contributed by atoms with Gasteiger partial charge in [0.15, 0.2) is 17.3 Å². The second kappa shape index (κ2) is 10.5.